The van der Waals surface area contributed by atoms with E-state index in [1.807, 2.05) is 37.3 Å². The zero-order chi connectivity index (χ0) is 16.1. The molecule has 3 rings (SSSR count). The molecule has 6 heteroatoms. The predicted molar refractivity (Wildman–Crippen MR) is 90.6 cm³/mol. The third kappa shape index (κ3) is 3.60. The molecule has 2 N–H and O–H groups in total. The fraction of sp³-hybridized carbons (Fsp3) is 0.176. The van der Waals surface area contributed by atoms with Gasteiger partial charge in [-0.15, -0.1) is 10.2 Å². The molecule has 0 saturated heterocycles. The van der Waals surface area contributed by atoms with Crippen molar-refractivity contribution in [1.29, 1.82) is 0 Å². The topological polar surface area (TPSA) is 79.8 Å². The summed E-state index contributed by atoms with van der Waals surface area (Å²) in [5.74, 6) is 0.988. The van der Waals surface area contributed by atoms with Gasteiger partial charge in [0.2, 0.25) is 5.91 Å². The van der Waals surface area contributed by atoms with Crippen molar-refractivity contribution in [2.45, 2.75) is 19.8 Å². The van der Waals surface area contributed by atoms with E-state index < -0.39 is 0 Å². The molecule has 0 aliphatic rings. The zero-order valence-corrected chi connectivity index (χ0v) is 12.8. The number of amides is 1. The van der Waals surface area contributed by atoms with Crippen molar-refractivity contribution in [2.24, 2.45) is 0 Å². The number of carbonyl (C=O) groups excluding carboxylic acids is 1. The number of anilines is 3. The molecule has 0 aliphatic carbocycles. The van der Waals surface area contributed by atoms with Gasteiger partial charge in [0.15, 0.2) is 11.6 Å². The van der Waals surface area contributed by atoms with Crippen LogP contribution in [0.4, 0.5) is 17.3 Å². The summed E-state index contributed by atoms with van der Waals surface area (Å²) < 4.78 is 0. The largest absolute Gasteiger partial charge is 0.337 e. The van der Waals surface area contributed by atoms with Crippen molar-refractivity contribution >= 4 is 34.1 Å². The van der Waals surface area contributed by atoms with Crippen LogP contribution in [-0.4, -0.2) is 21.1 Å². The van der Waals surface area contributed by atoms with Crippen LogP contribution in [0.5, 0.6) is 0 Å². The highest BCUT2D eigenvalue weighted by atomic mass is 16.1. The van der Waals surface area contributed by atoms with Crippen LogP contribution in [0.1, 0.15) is 19.8 Å². The van der Waals surface area contributed by atoms with Crippen molar-refractivity contribution in [3.8, 4) is 0 Å². The Hall–Kier alpha value is -3.02. The summed E-state index contributed by atoms with van der Waals surface area (Å²) in [6.45, 7) is 1.95. The van der Waals surface area contributed by atoms with Crippen LogP contribution in [0.15, 0.2) is 48.7 Å². The molecule has 0 unspecified atom stereocenters. The van der Waals surface area contributed by atoms with Crippen molar-refractivity contribution in [1.82, 2.24) is 15.2 Å². The molecule has 0 bridgehead atoms. The van der Waals surface area contributed by atoms with Gasteiger partial charge in [-0.05, 0) is 30.7 Å². The molecule has 2 aromatic heterocycles. The van der Waals surface area contributed by atoms with Gasteiger partial charge < -0.3 is 10.6 Å². The van der Waals surface area contributed by atoms with Crippen molar-refractivity contribution in [3.05, 3.63) is 48.7 Å². The third-order valence-corrected chi connectivity index (χ3v) is 3.30. The summed E-state index contributed by atoms with van der Waals surface area (Å²) in [6.07, 6.45) is 3.03. The number of fused-ring (bicyclic) bond motifs is 1. The number of hydrogen-bond donors (Lipinski definition) is 2. The Morgan fingerprint density at radius 2 is 1.83 bits per heavy atom. The highest BCUT2D eigenvalue weighted by Crippen LogP contribution is 2.23. The first-order valence-electron chi connectivity index (χ1n) is 7.50. The maximum Gasteiger partial charge on any atom is 0.225 e. The fourth-order valence-electron chi connectivity index (χ4n) is 2.24. The summed E-state index contributed by atoms with van der Waals surface area (Å²) in [6, 6.07) is 13.3. The van der Waals surface area contributed by atoms with Crippen molar-refractivity contribution in [2.75, 3.05) is 10.6 Å². The maximum atomic E-state index is 11.5. The molecule has 0 saturated carbocycles. The van der Waals surface area contributed by atoms with Gasteiger partial charge in [0, 0.05) is 18.0 Å². The van der Waals surface area contributed by atoms with Crippen LogP contribution in [-0.2, 0) is 4.79 Å². The molecule has 0 aliphatic heterocycles. The van der Waals surface area contributed by atoms with Crippen LogP contribution in [0.2, 0.25) is 0 Å². The van der Waals surface area contributed by atoms with E-state index in [0.29, 0.717) is 18.1 Å². The number of nitrogens with zero attached hydrogens (tertiary/aromatic N) is 3. The summed E-state index contributed by atoms with van der Waals surface area (Å²) in [5, 5.41) is 15.1. The van der Waals surface area contributed by atoms with Gasteiger partial charge in [-0.25, -0.2) is 0 Å². The predicted octanol–water partition coefficient (Wildman–Crippen LogP) is 3.51. The van der Waals surface area contributed by atoms with Gasteiger partial charge in [-0.3, -0.25) is 9.78 Å². The van der Waals surface area contributed by atoms with E-state index in [-0.39, 0.29) is 5.91 Å². The number of para-hydroxylation sites is 1. The Kier molecular flexibility index (Phi) is 4.42. The SMILES string of the molecule is CCCC(=O)Nc1ccc(Nc2cccc3cccnc23)nn1. The summed E-state index contributed by atoms with van der Waals surface area (Å²) >= 11 is 0. The van der Waals surface area contributed by atoms with Crippen LogP contribution in [0.25, 0.3) is 10.9 Å². The van der Waals surface area contributed by atoms with E-state index in [1.165, 1.54) is 0 Å². The van der Waals surface area contributed by atoms with E-state index in [9.17, 15) is 4.79 Å². The Labute approximate surface area is 134 Å². The third-order valence-electron chi connectivity index (χ3n) is 3.30. The quantitative estimate of drug-likeness (QED) is 0.754. The molecule has 23 heavy (non-hydrogen) atoms. The van der Waals surface area contributed by atoms with E-state index in [2.05, 4.69) is 25.8 Å². The molecule has 6 nitrogen and oxygen atoms in total. The van der Waals surface area contributed by atoms with Gasteiger partial charge in [0.05, 0.1) is 11.2 Å². The normalized spacial score (nSPS) is 10.5. The van der Waals surface area contributed by atoms with E-state index in [4.69, 9.17) is 0 Å². The van der Waals surface area contributed by atoms with Crippen LogP contribution in [0.3, 0.4) is 0 Å². The van der Waals surface area contributed by atoms with E-state index >= 15 is 0 Å². The first kappa shape index (κ1) is 14.9. The van der Waals surface area contributed by atoms with Gasteiger partial charge >= 0.3 is 0 Å². The fourth-order valence-corrected chi connectivity index (χ4v) is 2.24. The summed E-state index contributed by atoms with van der Waals surface area (Å²) in [4.78, 5) is 15.9. The lowest BCUT2D eigenvalue weighted by atomic mass is 10.2. The Balaban J connectivity index is 1.76. The number of rotatable bonds is 5. The monoisotopic (exact) mass is 307 g/mol. The molecule has 0 fully saturated rings. The molecule has 116 valence electrons. The van der Waals surface area contributed by atoms with Crippen LogP contribution < -0.4 is 10.6 Å². The maximum absolute atomic E-state index is 11.5. The molecule has 2 heterocycles. The number of pyridine rings is 1. The number of hydrogen-bond acceptors (Lipinski definition) is 5. The standard InChI is InChI=1S/C17H17N5O/c1-2-5-16(23)20-15-10-9-14(21-22-15)19-13-8-3-6-12-7-4-11-18-17(12)13/h3-4,6-11H,2,5H2,1H3,(H,19,21)(H,20,22,23). The number of carbonyl (C=O) groups is 1. The number of nitrogens with one attached hydrogen (secondary N) is 2. The van der Waals surface area contributed by atoms with Crippen LogP contribution >= 0.6 is 0 Å². The highest BCUT2D eigenvalue weighted by molar-refractivity contribution is 5.92. The summed E-state index contributed by atoms with van der Waals surface area (Å²) in [7, 11) is 0. The molecule has 1 amide bonds. The van der Waals surface area contributed by atoms with E-state index in [0.717, 1.165) is 23.0 Å². The zero-order valence-electron chi connectivity index (χ0n) is 12.8. The second-order valence-electron chi connectivity index (χ2n) is 5.11. The summed E-state index contributed by atoms with van der Waals surface area (Å²) in [5.41, 5.74) is 1.73. The first-order valence-corrected chi connectivity index (χ1v) is 7.50. The lowest BCUT2D eigenvalue weighted by molar-refractivity contribution is -0.116. The van der Waals surface area contributed by atoms with Gasteiger partial charge in [0.25, 0.3) is 0 Å². The van der Waals surface area contributed by atoms with Gasteiger partial charge in [0.1, 0.15) is 0 Å². The number of aromatic nitrogens is 3. The van der Waals surface area contributed by atoms with Crippen molar-refractivity contribution in [3.63, 3.8) is 0 Å². The number of benzene rings is 1. The van der Waals surface area contributed by atoms with Crippen LogP contribution in [0, 0.1) is 0 Å². The molecule has 0 radical (unpaired) electrons. The minimum absolute atomic E-state index is 0.0548. The molecule has 1 aromatic carbocycles. The molecule has 3 aromatic rings. The smallest absolute Gasteiger partial charge is 0.225 e. The lowest BCUT2D eigenvalue weighted by Crippen LogP contribution is -2.12. The Morgan fingerprint density at radius 3 is 2.61 bits per heavy atom. The Bertz CT molecular complexity index is 811. The minimum Gasteiger partial charge on any atom is -0.337 e. The second-order valence-corrected chi connectivity index (χ2v) is 5.11. The molecule has 0 atom stereocenters. The lowest BCUT2D eigenvalue weighted by Gasteiger charge is -2.08. The van der Waals surface area contributed by atoms with Gasteiger partial charge in [-0.2, -0.15) is 0 Å². The Morgan fingerprint density at radius 1 is 1.04 bits per heavy atom. The van der Waals surface area contributed by atoms with E-state index in [1.54, 1.807) is 18.3 Å². The van der Waals surface area contributed by atoms with Gasteiger partial charge in [-0.1, -0.05) is 25.1 Å². The average molecular weight is 307 g/mol. The molecular weight excluding hydrogens is 290 g/mol. The minimum atomic E-state index is -0.0548. The highest BCUT2D eigenvalue weighted by Gasteiger charge is 2.05. The molecular formula is C17H17N5O. The van der Waals surface area contributed by atoms with Crippen molar-refractivity contribution < 1.29 is 4.79 Å². The second kappa shape index (κ2) is 6.83. The average Bonchev–Trinajstić information content (AvgIpc) is 2.57. The first-order chi connectivity index (χ1) is 11.3. The molecule has 0 spiro atoms.